The van der Waals surface area contributed by atoms with Crippen LogP contribution in [0, 0.1) is 0 Å². The summed E-state index contributed by atoms with van der Waals surface area (Å²) in [6.45, 7) is 0. The summed E-state index contributed by atoms with van der Waals surface area (Å²) in [5.41, 5.74) is 6.94. The molecule has 100 valence electrons. The average molecular weight is 335 g/mol. The number of rotatable bonds is 3. The summed E-state index contributed by atoms with van der Waals surface area (Å²) in [5, 5.41) is 1.60. The first kappa shape index (κ1) is 14.7. The molecule has 2 aromatic carbocycles. The van der Waals surface area contributed by atoms with Gasteiger partial charge in [-0.15, -0.1) is 0 Å². The van der Waals surface area contributed by atoms with Crippen LogP contribution in [0.3, 0.4) is 0 Å². The normalized spacial score (nSPS) is 12.4. The number of hydrogen-bond acceptors (Lipinski definition) is 2. The molecule has 1 atom stereocenters. The highest BCUT2D eigenvalue weighted by Gasteiger charge is 2.11. The Morgan fingerprint density at radius 2 is 1.63 bits per heavy atom. The zero-order valence-electron chi connectivity index (χ0n) is 9.70. The maximum Gasteiger partial charge on any atom is 0.0621 e. The number of nitrogen functional groups attached to an aromatic ring is 1. The molecule has 0 spiro atoms. The molecule has 2 aromatic rings. The van der Waals surface area contributed by atoms with E-state index in [1.807, 2.05) is 0 Å². The smallest absolute Gasteiger partial charge is 0.0621 e. The van der Waals surface area contributed by atoms with E-state index in [1.54, 1.807) is 36.4 Å². The molecular weight excluding hydrogens is 325 g/mol. The van der Waals surface area contributed by atoms with Crippen LogP contribution in [-0.4, -0.2) is 4.21 Å². The van der Waals surface area contributed by atoms with E-state index in [9.17, 15) is 4.21 Å². The second kappa shape index (κ2) is 6.14. The number of anilines is 1. The van der Waals surface area contributed by atoms with E-state index >= 15 is 0 Å². The lowest BCUT2D eigenvalue weighted by Crippen LogP contribution is -2.01. The van der Waals surface area contributed by atoms with Gasteiger partial charge in [0.15, 0.2) is 0 Å². The van der Waals surface area contributed by atoms with E-state index in [4.69, 9.17) is 40.5 Å². The van der Waals surface area contributed by atoms with Crippen molar-refractivity contribution < 1.29 is 4.21 Å². The van der Waals surface area contributed by atoms with Crippen LogP contribution in [0.4, 0.5) is 5.69 Å². The zero-order chi connectivity index (χ0) is 14.0. The molecule has 1 unspecified atom stereocenters. The van der Waals surface area contributed by atoms with Crippen molar-refractivity contribution in [2.75, 3.05) is 5.73 Å². The predicted octanol–water partition coefficient (Wildman–Crippen LogP) is 4.54. The van der Waals surface area contributed by atoms with E-state index in [0.717, 1.165) is 5.56 Å². The van der Waals surface area contributed by atoms with Gasteiger partial charge < -0.3 is 5.73 Å². The third-order valence-electron chi connectivity index (χ3n) is 2.51. The summed E-state index contributed by atoms with van der Waals surface area (Å²) in [7, 11) is -1.30. The molecule has 0 aliphatic carbocycles. The first-order valence-electron chi connectivity index (χ1n) is 5.34. The molecule has 0 radical (unpaired) electrons. The number of benzene rings is 2. The van der Waals surface area contributed by atoms with Crippen LogP contribution < -0.4 is 5.73 Å². The van der Waals surface area contributed by atoms with Crippen LogP contribution in [0.15, 0.2) is 41.3 Å². The van der Waals surface area contributed by atoms with Crippen LogP contribution in [0.1, 0.15) is 5.56 Å². The largest absolute Gasteiger partial charge is 0.398 e. The molecule has 19 heavy (non-hydrogen) atoms. The van der Waals surface area contributed by atoms with Crippen molar-refractivity contribution in [1.82, 2.24) is 0 Å². The molecule has 6 heteroatoms. The number of nitrogens with two attached hydrogens (primary N) is 1. The lowest BCUT2D eigenvalue weighted by molar-refractivity contribution is 0.683. The van der Waals surface area contributed by atoms with Gasteiger partial charge in [0.2, 0.25) is 0 Å². The molecule has 2 nitrogen and oxygen atoms in total. The van der Waals surface area contributed by atoms with Gasteiger partial charge in [-0.1, -0.05) is 34.8 Å². The first-order valence-corrected chi connectivity index (χ1v) is 7.80. The van der Waals surface area contributed by atoms with Crippen LogP contribution in [-0.2, 0) is 16.6 Å². The monoisotopic (exact) mass is 333 g/mol. The minimum atomic E-state index is -1.30. The van der Waals surface area contributed by atoms with Gasteiger partial charge in [-0.2, -0.15) is 0 Å². The SMILES string of the molecule is Nc1cc(Cl)ccc1S(=O)Cc1cc(Cl)ccc1Cl. The molecule has 0 aliphatic rings. The fourth-order valence-electron chi connectivity index (χ4n) is 1.60. The van der Waals surface area contributed by atoms with Gasteiger partial charge in [0.25, 0.3) is 0 Å². The minimum Gasteiger partial charge on any atom is -0.398 e. The maximum atomic E-state index is 12.3. The summed E-state index contributed by atoms with van der Waals surface area (Å²) < 4.78 is 12.3. The summed E-state index contributed by atoms with van der Waals surface area (Å²) >= 11 is 17.8. The van der Waals surface area contributed by atoms with E-state index < -0.39 is 10.8 Å². The highest BCUT2D eigenvalue weighted by atomic mass is 35.5. The maximum absolute atomic E-state index is 12.3. The Balaban J connectivity index is 2.28. The Morgan fingerprint density at radius 3 is 2.32 bits per heavy atom. The van der Waals surface area contributed by atoms with Crippen molar-refractivity contribution in [3.63, 3.8) is 0 Å². The molecule has 0 bridgehead atoms. The van der Waals surface area contributed by atoms with Crippen LogP contribution >= 0.6 is 34.8 Å². The summed E-state index contributed by atoms with van der Waals surface area (Å²) in [4.78, 5) is 0.542. The van der Waals surface area contributed by atoms with E-state index in [1.165, 1.54) is 0 Å². The lowest BCUT2D eigenvalue weighted by Gasteiger charge is -2.08. The number of hydrogen-bond donors (Lipinski definition) is 1. The molecule has 2 rings (SSSR count). The topological polar surface area (TPSA) is 43.1 Å². The third kappa shape index (κ3) is 3.63. The Morgan fingerprint density at radius 1 is 1.00 bits per heavy atom. The summed E-state index contributed by atoms with van der Waals surface area (Å²) in [6.07, 6.45) is 0. The van der Waals surface area contributed by atoms with Crippen molar-refractivity contribution in [1.29, 1.82) is 0 Å². The fraction of sp³-hybridized carbons (Fsp3) is 0.0769. The van der Waals surface area contributed by atoms with Crippen molar-refractivity contribution in [3.8, 4) is 0 Å². The second-order valence-electron chi connectivity index (χ2n) is 3.91. The average Bonchev–Trinajstić information content (AvgIpc) is 2.33. The molecule has 0 amide bonds. The second-order valence-corrected chi connectivity index (χ2v) is 6.61. The fourth-order valence-corrected chi connectivity index (χ4v) is 3.46. The van der Waals surface area contributed by atoms with E-state index in [0.29, 0.717) is 25.7 Å². The van der Waals surface area contributed by atoms with Gasteiger partial charge in [-0.05, 0) is 42.0 Å². The molecule has 0 aromatic heterocycles. The Labute approximate surface area is 128 Å². The molecule has 2 N–H and O–H groups in total. The predicted molar refractivity (Wildman–Crippen MR) is 82.4 cm³/mol. The Kier molecular flexibility index (Phi) is 4.74. The summed E-state index contributed by atoms with van der Waals surface area (Å²) in [6, 6.07) is 9.97. The van der Waals surface area contributed by atoms with E-state index in [2.05, 4.69) is 0 Å². The van der Waals surface area contributed by atoms with Crippen LogP contribution in [0.5, 0.6) is 0 Å². The van der Waals surface area contributed by atoms with Crippen molar-refractivity contribution in [3.05, 3.63) is 57.0 Å². The Bertz CT molecular complexity index is 646. The lowest BCUT2D eigenvalue weighted by atomic mass is 10.2. The van der Waals surface area contributed by atoms with Gasteiger partial charge in [-0.25, -0.2) is 0 Å². The molecule has 0 fully saturated rings. The highest BCUT2D eigenvalue weighted by molar-refractivity contribution is 7.84. The van der Waals surface area contributed by atoms with Gasteiger partial charge in [0, 0.05) is 20.8 Å². The quantitative estimate of drug-likeness (QED) is 0.838. The molecular formula is C13H10Cl3NOS. The van der Waals surface area contributed by atoms with Crippen LogP contribution in [0.25, 0.3) is 0 Å². The Hall–Kier alpha value is -0.740. The van der Waals surface area contributed by atoms with Gasteiger partial charge in [0.1, 0.15) is 0 Å². The van der Waals surface area contributed by atoms with Crippen molar-refractivity contribution in [2.45, 2.75) is 10.6 Å². The molecule has 0 saturated heterocycles. The van der Waals surface area contributed by atoms with Gasteiger partial charge in [-0.3, -0.25) is 4.21 Å². The summed E-state index contributed by atoms with van der Waals surface area (Å²) in [5.74, 6) is 0.255. The van der Waals surface area contributed by atoms with Gasteiger partial charge in [0.05, 0.1) is 21.4 Å². The molecule has 0 aliphatic heterocycles. The molecule has 0 heterocycles. The minimum absolute atomic E-state index is 0.255. The van der Waals surface area contributed by atoms with Crippen molar-refractivity contribution >= 4 is 51.3 Å². The highest BCUT2D eigenvalue weighted by Crippen LogP contribution is 2.26. The zero-order valence-corrected chi connectivity index (χ0v) is 12.8. The standard InChI is InChI=1S/C13H10Cl3NOS/c14-9-1-3-11(16)8(5-9)7-19(18)13-4-2-10(15)6-12(13)17/h1-6H,7,17H2. The van der Waals surface area contributed by atoms with Gasteiger partial charge >= 0.3 is 0 Å². The van der Waals surface area contributed by atoms with E-state index in [-0.39, 0.29) is 5.75 Å². The number of halogens is 3. The third-order valence-corrected chi connectivity index (χ3v) is 4.79. The van der Waals surface area contributed by atoms with Crippen molar-refractivity contribution in [2.24, 2.45) is 0 Å². The van der Waals surface area contributed by atoms with Crippen LogP contribution in [0.2, 0.25) is 15.1 Å². The molecule has 0 saturated carbocycles. The first-order chi connectivity index (χ1) is 8.97.